The van der Waals surface area contributed by atoms with Crippen LogP contribution < -0.4 is 0 Å². The average molecular weight is 208 g/mol. The topological polar surface area (TPSA) is 23.6 Å². The van der Waals surface area contributed by atoms with E-state index in [4.69, 9.17) is 0 Å². The molecule has 0 N–H and O–H groups in total. The third-order valence-corrected chi connectivity index (χ3v) is 3.54. The second kappa shape index (κ2) is 4.35. The van der Waals surface area contributed by atoms with Gasteiger partial charge >= 0.3 is 0 Å². The first-order chi connectivity index (χ1) is 7.26. The highest BCUT2D eigenvalue weighted by Crippen LogP contribution is 2.30. The largest absolute Gasteiger partial charge is 0.334 e. The fraction of sp³-hybridized carbons (Fsp3) is 0.750. The molecule has 2 bridgehead atoms. The van der Waals surface area contributed by atoms with Gasteiger partial charge in [0.2, 0.25) is 5.91 Å². The van der Waals surface area contributed by atoms with E-state index >= 15 is 0 Å². The van der Waals surface area contributed by atoms with Gasteiger partial charge in [-0.05, 0) is 12.8 Å². The number of amides is 1. The van der Waals surface area contributed by atoms with E-state index < -0.39 is 0 Å². The Morgan fingerprint density at radius 2 is 2.00 bits per heavy atom. The molecular formula is C12H20N2O. The summed E-state index contributed by atoms with van der Waals surface area (Å²) >= 11 is 0. The quantitative estimate of drug-likeness (QED) is 0.652. The second-order valence-electron chi connectivity index (χ2n) is 4.55. The molecular weight excluding hydrogens is 188 g/mol. The van der Waals surface area contributed by atoms with Crippen LogP contribution in [0.3, 0.4) is 0 Å². The Labute approximate surface area is 91.7 Å². The summed E-state index contributed by atoms with van der Waals surface area (Å²) < 4.78 is 0. The Bertz CT molecular complexity index is 250. The van der Waals surface area contributed by atoms with E-state index in [-0.39, 0.29) is 0 Å². The number of rotatable bonds is 3. The van der Waals surface area contributed by atoms with Gasteiger partial charge in [0.05, 0.1) is 0 Å². The molecule has 0 aromatic carbocycles. The highest BCUT2D eigenvalue weighted by Gasteiger charge is 2.41. The molecule has 2 atom stereocenters. The van der Waals surface area contributed by atoms with E-state index in [0.29, 0.717) is 24.4 Å². The molecule has 1 amide bonds. The highest BCUT2D eigenvalue weighted by molar-refractivity contribution is 5.77. The van der Waals surface area contributed by atoms with Crippen molar-refractivity contribution in [3.63, 3.8) is 0 Å². The predicted octanol–water partition coefficient (Wildman–Crippen LogP) is 1.26. The average Bonchev–Trinajstić information content (AvgIpc) is 2.50. The molecule has 0 saturated carbocycles. The van der Waals surface area contributed by atoms with Crippen molar-refractivity contribution in [2.24, 2.45) is 0 Å². The summed E-state index contributed by atoms with van der Waals surface area (Å²) in [5.41, 5.74) is 0. The van der Waals surface area contributed by atoms with Gasteiger partial charge in [0, 0.05) is 38.1 Å². The molecule has 3 heteroatoms. The van der Waals surface area contributed by atoms with Gasteiger partial charge in [-0.2, -0.15) is 0 Å². The molecule has 0 aromatic heterocycles. The smallest absolute Gasteiger partial charge is 0.222 e. The molecule has 0 aliphatic carbocycles. The Morgan fingerprint density at radius 3 is 2.47 bits per heavy atom. The Balaban J connectivity index is 2.03. The van der Waals surface area contributed by atoms with Crippen LogP contribution in [-0.2, 0) is 4.79 Å². The van der Waals surface area contributed by atoms with E-state index in [1.54, 1.807) is 0 Å². The van der Waals surface area contributed by atoms with Crippen molar-refractivity contribution < 1.29 is 4.79 Å². The van der Waals surface area contributed by atoms with Gasteiger partial charge in [0.1, 0.15) is 0 Å². The SMILES string of the molecule is C=CCN1CC2CCC(C1)N2C(=O)CC. The standard InChI is InChI=1S/C12H20N2O/c1-3-7-13-8-10-5-6-11(9-13)14(10)12(15)4-2/h3,10-11H,1,4-9H2,2H3. The predicted molar refractivity (Wildman–Crippen MR) is 60.6 cm³/mol. The number of piperazine rings is 1. The summed E-state index contributed by atoms with van der Waals surface area (Å²) in [5, 5.41) is 0. The Kier molecular flexibility index (Phi) is 3.10. The zero-order valence-electron chi connectivity index (χ0n) is 9.48. The molecule has 2 saturated heterocycles. The van der Waals surface area contributed by atoms with Crippen LogP contribution in [0.25, 0.3) is 0 Å². The van der Waals surface area contributed by atoms with Crippen LogP contribution >= 0.6 is 0 Å². The highest BCUT2D eigenvalue weighted by atomic mass is 16.2. The van der Waals surface area contributed by atoms with Crippen LogP contribution in [0.1, 0.15) is 26.2 Å². The second-order valence-corrected chi connectivity index (χ2v) is 4.55. The van der Waals surface area contributed by atoms with Crippen molar-refractivity contribution in [2.75, 3.05) is 19.6 Å². The number of hydrogen-bond donors (Lipinski definition) is 0. The first-order valence-corrected chi connectivity index (χ1v) is 5.90. The molecule has 2 aliphatic heterocycles. The third kappa shape index (κ3) is 1.93. The van der Waals surface area contributed by atoms with E-state index in [2.05, 4.69) is 16.4 Å². The van der Waals surface area contributed by atoms with Gasteiger partial charge in [-0.25, -0.2) is 0 Å². The maximum absolute atomic E-state index is 11.8. The Hall–Kier alpha value is -0.830. The Morgan fingerprint density at radius 1 is 1.40 bits per heavy atom. The minimum atomic E-state index is 0.334. The monoisotopic (exact) mass is 208 g/mol. The van der Waals surface area contributed by atoms with Gasteiger partial charge in [0.15, 0.2) is 0 Å². The zero-order valence-corrected chi connectivity index (χ0v) is 9.48. The molecule has 0 aromatic rings. The number of nitrogens with zero attached hydrogens (tertiary/aromatic N) is 2. The molecule has 84 valence electrons. The van der Waals surface area contributed by atoms with Crippen molar-refractivity contribution in [3.8, 4) is 0 Å². The van der Waals surface area contributed by atoms with Crippen LogP contribution in [0, 0.1) is 0 Å². The van der Waals surface area contributed by atoms with Crippen LogP contribution in [0.15, 0.2) is 12.7 Å². The molecule has 2 rings (SSSR count). The maximum Gasteiger partial charge on any atom is 0.222 e. The van der Waals surface area contributed by atoms with Crippen molar-refractivity contribution in [1.29, 1.82) is 0 Å². The molecule has 3 nitrogen and oxygen atoms in total. The number of carbonyl (C=O) groups is 1. The zero-order chi connectivity index (χ0) is 10.8. The molecule has 0 spiro atoms. The van der Waals surface area contributed by atoms with Crippen LogP contribution in [-0.4, -0.2) is 47.4 Å². The van der Waals surface area contributed by atoms with E-state index in [1.807, 2.05) is 13.0 Å². The number of carbonyl (C=O) groups excluding carboxylic acids is 1. The fourth-order valence-electron chi connectivity index (χ4n) is 2.91. The lowest BCUT2D eigenvalue weighted by atomic mass is 10.1. The number of hydrogen-bond acceptors (Lipinski definition) is 2. The van der Waals surface area contributed by atoms with Gasteiger partial charge in [-0.3, -0.25) is 9.69 Å². The molecule has 0 radical (unpaired) electrons. The van der Waals surface area contributed by atoms with Gasteiger partial charge in [-0.1, -0.05) is 13.0 Å². The molecule has 15 heavy (non-hydrogen) atoms. The van der Waals surface area contributed by atoms with Gasteiger partial charge in [-0.15, -0.1) is 6.58 Å². The summed E-state index contributed by atoms with van der Waals surface area (Å²) in [6.45, 7) is 8.76. The molecule has 2 fully saturated rings. The van der Waals surface area contributed by atoms with Crippen molar-refractivity contribution >= 4 is 5.91 Å². The minimum Gasteiger partial charge on any atom is -0.334 e. The van der Waals surface area contributed by atoms with Crippen LogP contribution in [0.2, 0.25) is 0 Å². The number of fused-ring (bicyclic) bond motifs is 2. The molecule has 2 aliphatic rings. The van der Waals surface area contributed by atoms with Crippen molar-refractivity contribution in [2.45, 2.75) is 38.3 Å². The van der Waals surface area contributed by atoms with E-state index in [0.717, 1.165) is 19.6 Å². The normalized spacial score (nSPS) is 30.6. The minimum absolute atomic E-state index is 0.334. The third-order valence-electron chi connectivity index (χ3n) is 3.54. The first-order valence-electron chi connectivity index (χ1n) is 5.90. The van der Waals surface area contributed by atoms with Gasteiger partial charge in [0.25, 0.3) is 0 Å². The van der Waals surface area contributed by atoms with E-state index in [9.17, 15) is 4.79 Å². The lowest BCUT2D eigenvalue weighted by Gasteiger charge is -2.40. The maximum atomic E-state index is 11.8. The summed E-state index contributed by atoms with van der Waals surface area (Å²) in [5.74, 6) is 0.334. The fourth-order valence-corrected chi connectivity index (χ4v) is 2.91. The van der Waals surface area contributed by atoms with Crippen molar-refractivity contribution in [3.05, 3.63) is 12.7 Å². The summed E-state index contributed by atoms with van der Waals surface area (Å²) in [4.78, 5) is 16.3. The summed E-state index contributed by atoms with van der Waals surface area (Å²) in [6.07, 6.45) is 4.97. The summed E-state index contributed by atoms with van der Waals surface area (Å²) in [6, 6.07) is 0.937. The first kappa shape index (κ1) is 10.7. The van der Waals surface area contributed by atoms with Gasteiger partial charge < -0.3 is 4.90 Å². The molecule has 2 heterocycles. The van der Waals surface area contributed by atoms with Crippen LogP contribution in [0.4, 0.5) is 0 Å². The number of likely N-dealkylation sites (tertiary alicyclic amines) is 1. The van der Waals surface area contributed by atoms with E-state index in [1.165, 1.54) is 12.8 Å². The summed E-state index contributed by atoms with van der Waals surface area (Å²) in [7, 11) is 0. The lowest BCUT2D eigenvalue weighted by molar-refractivity contribution is -0.136. The van der Waals surface area contributed by atoms with Crippen LogP contribution in [0.5, 0.6) is 0 Å². The van der Waals surface area contributed by atoms with Crippen molar-refractivity contribution in [1.82, 2.24) is 9.80 Å². The lowest BCUT2D eigenvalue weighted by Crippen LogP contribution is -2.55. The molecule has 2 unspecified atom stereocenters.